The summed E-state index contributed by atoms with van der Waals surface area (Å²) >= 11 is 0. The van der Waals surface area contributed by atoms with Gasteiger partial charge >= 0.3 is 0 Å². The van der Waals surface area contributed by atoms with Crippen molar-refractivity contribution < 1.29 is 9.63 Å². The Hall–Kier alpha value is -3.13. The average Bonchev–Trinajstić information content (AvgIpc) is 3.05. The monoisotopic (exact) mass is 370 g/mol. The van der Waals surface area contributed by atoms with Crippen LogP contribution in [0.5, 0.6) is 5.75 Å². The first kappa shape index (κ1) is 18.7. The van der Waals surface area contributed by atoms with Gasteiger partial charge in [-0.25, -0.2) is 0 Å². The number of benzene rings is 1. The number of hydrogen-bond donors (Lipinski definition) is 4. The van der Waals surface area contributed by atoms with E-state index >= 15 is 0 Å². The molecule has 2 aromatic rings. The van der Waals surface area contributed by atoms with Crippen molar-refractivity contribution in [3.05, 3.63) is 64.9 Å². The number of nitrogens with zero attached hydrogens (tertiary/aromatic N) is 3. The Balaban J connectivity index is 1.68. The maximum atomic E-state index is 9.99. The van der Waals surface area contributed by atoms with Gasteiger partial charge in [0.25, 0.3) is 0 Å². The Morgan fingerprint density at radius 2 is 1.89 bits per heavy atom. The van der Waals surface area contributed by atoms with Crippen LogP contribution in [0.15, 0.2) is 52.4 Å². The zero-order valence-corrected chi connectivity index (χ0v) is 15.4. The molecule has 27 heavy (non-hydrogen) atoms. The molecule has 1 fully saturated rings. The zero-order valence-electron chi connectivity index (χ0n) is 15.4. The summed E-state index contributed by atoms with van der Waals surface area (Å²) in [6.45, 7) is 5.83. The Morgan fingerprint density at radius 3 is 2.48 bits per heavy atom. The topological polar surface area (TPSA) is 131 Å². The largest absolute Gasteiger partial charge is 0.507 e. The van der Waals surface area contributed by atoms with Gasteiger partial charge in [0, 0.05) is 50.1 Å². The van der Waals surface area contributed by atoms with Gasteiger partial charge in [-0.2, -0.15) is 0 Å². The van der Waals surface area contributed by atoms with Crippen molar-refractivity contribution in [1.82, 2.24) is 15.0 Å². The van der Waals surface area contributed by atoms with E-state index in [9.17, 15) is 5.11 Å². The average molecular weight is 370 g/mol. The molecular weight excluding hydrogens is 344 g/mol. The van der Waals surface area contributed by atoms with Gasteiger partial charge in [-0.1, -0.05) is 17.3 Å². The van der Waals surface area contributed by atoms with Gasteiger partial charge in [-0.05, 0) is 25.1 Å². The quantitative estimate of drug-likeness (QED) is 0.571. The van der Waals surface area contributed by atoms with Gasteiger partial charge in [-0.3, -0.25) is 4.90 Å². The van der Waals surface area contributed by atoms with Crippen LogP contribution in [-0.4, -0.2) is 46.2 Å². The minimum absolute atomic E-state index is 0.119. The van der Waals surface area contributed by atoms with Crippen molar-refractivity contribution in [1.29, 1.82) is 0 Å². The highest BCUT2D eigenvalue weighted by Crippen LogP contribution is 2.23. The number of para-hydroxylation sites is 1. The summed E-state index contributed by atoms with van der Waals surface area (Å²) in [6.07, 6.45) is 1.72. The van der Waals surface area contributed by atoms with E-state index in [0.717, 1.165) is 44.2 Å². The Labute approximate surface area is 158 Å². The number of phenols is 1. The number of phenolic OH excluding ortho intramolecular Hbond substituents is 1. The SMILES string of the molecule is Cc1cc(CN2CCN(C(/C=C(\N)c3ccccc3O)=C(N)N)CC2)no1. The molecule has 0 bridgehead atoms. The summed E-state index contributed by atoms with van der Waals surface area (Å²) in [5.74, 6) is 1.14. The van der Waals surface area contributed by atoms with Crippen LogP contribution in [0.3, 0.4) is 0 Å². The standard InChI is InChI=1S/C19H26N6O2/c1-13-10-14(23-27-13)12-24-6-8-25(9-7-24)17(19(21)22)11-16(20)15-4-2-3-5-18(15)26/h2-5,10-11,26H,6-9,12,20-22H2,1H3/b16-11-. The molecule has 1 aromatic heterocycles. The second kappa shape index (κ2) is 8.05. The van der Waals surface area contributed by atoms with Crippen LogP contribution in [0.25, 0.3) is 5.70 Å². The van der Waals surface area contributed by atoms with Crippen molar-refractivity contribution in [3.63, 3.8) is 0 Å². The summed E-state index contributed by atoms with van der Waals surface area (Å²) in [4.78, 5) is 4.40. The van der Waals surface area contributed by atoms with Gasteiger partial charge in [0.2, 0.25) is 0 Å². The van der Waals surface area contributed by atoms with Gasteiger partial charge in [0.05, 0.1) is 11.4 Å². The van der Waals surface area contributed by atoms with Crippen molar-refractivity contribution in [2.45, 2.75) is 13.5 Å². The second-order valence-corrected chi connectivity index (χ2v) is 6.65. The fraction of sp³-hybridized carbons (Fsp3) is 0.316. The molecule has 0 spiro atoms. The van der Waals surface area contributed by atoms with E-state index < -0.39 is 0 Å². The van der Waals surface area contributed by atoms with Crippen LogP contribution in [0.1, 0.15) is 17.0 Å². The fourth-order valence-electron chi connectivity index (χ4n) is 3.17. The molecule has 3 rings (SSSR count). The number of piperazine rings is 1. The molecule has 1 saturated heterocycles. The first-order chi connectivity index (χ1) is 12.9. The number of aromatic nitrogens is 1. The second-order valence-electron chi connectivity index (χ2n) is 6.65. The molecule has 0 atom stereocenters. The summed E-state index contributed by atoms with van der Waals surface area (Å²) in [7, 11) is 0. The fourth-order valence-corrected chi connectivity index (χ4v) is 3.17. The Kier molecular flexibility index (Phi) is 5.56. The highest BCUT2D eigenvalue weighted by atomic mass is 16.5. The van der Waals surface area contributed by atoms with E-state index in [1.54, 1.807) is 24.3 Å². The molecule has 0 saturated carbocycles. The first-order valence-electron chi connectivity index (χ1n) is 8.84. The molecular formula is C19H26N6O2. The third-order valence-electron chi connectivity index (χ3n) is 4.58. The lowest BCUT2D eigenvalue weighted by molar-refractivity contribution is 0.152. The number of aromatic hydroxyl groups is 1. The van der Waals surface area contributed by atoms with Gasteiger partial charge in [-0.15, -0.1) is 0 Å². The van der Waals surface area contributed by atoms with Crippen LogP contribution in [0.2, 0.25) is 0 Å². The van der Waals surface area contributed by atoms with E-state index in [1.165, 1.54) is 0 Å². The Bertz CT molecular complexity index is 845. The smallest absolute Gasteiger partial charge is 0.133 e. The number of allylic oxidation sites excluding steroid dienone is 1. The van der Waals surface area contributed by atoms with E-state index in [2.05, 4.69) is 15.0 Å². The van der Waals surface area contributed by atoms with Crippen molar-refractivity contribution >= 4 is 5.70 Å². The van der Waals surface area contributed by atoms with Crippen molar-refractivity contribution in [3.8, 4) is 5.75 Å². The lowest BCUT2D eigenvalue weighted by atomic mass is 10.1. The van der Waals surface area contributed by atoms with E-state index in [0.29, 0.717) is 17.0 Å². The molecule has 1 aliphatic rings. The van der Waals surface area contributed by atoms with Crippen molar-refractivity contribution in [2.75, 3.05) is 26.2 Å². The van der Waals surface area contributed by atoms with Crippen LogP contribution in [-0.2, 0) is 6.54 Å². The maximum Gasteiger partial charge on any atom is 0.133 e. The third-order valence-corrected chi connectivity index (χ3v) is 4.58. The third kappa shape index (κ3) is 4.53. The molecule has 144 valence electrons. The molecule has 0 amide bonds. The van der Waals surface area contributed by atoms with Gasteiger partial charge in [0.1, 0.15) is 17.3 Å². The maximum absolute atomic E-state index is 9.99. The summed E-state index contributed by atoms with van der Waals surface area (Å²) in [6, 6.07) is 8.86. The van der Waals surface area contributed by atoms with E-state index in [1.807, 2.05) is 19.1 Å². The molecule has 7 N–H and O–H groups in total. The molecule has 8 nitrogen and oxygen atoms in total. The van der Waals surface area contributed by atoms with Crippen LogP contribution >= 0.6 is 0 Å². The normalized spacial score (nSPS) is 15.7. The molecule has 0 unspecified atom stereocenters. The molecule has 2 heterocycles. The molecule has 0 aliphatic carbocycles. The van der Waals surface area contributed by atoms with E-state index in [-0.39, 0.29) is 11.6 Å². The number of nitrogens with two attached hydrogens (primary N) is 3. The summed E-state index contributed by atoms with van der Waals surface area (Å²) < 4.78 is 5.12. The molecule has 1 aromatic carbocycles. The minimum Gasteiger partial charge on any atom is -0.507 e. The van der Waals surface area contributed by atoms with Crippen LogP contribution < -0.4 is 17.2 Å². The lowest BCUT2D eigenvalue weighted by Gasteiger charge is -2.36. The number of hydrogen-bond acceptors (Lipinski definition) is 8. The predicted octanol–water partition coefficient (Wildman–Crippen LogP) is 0.893. The highest BCUT2D eigenvalue weighted by molar-refractivity contribution is 5.69. The summed E-state index contributed by atoms with van der Waals surface area (Å²) in [5, 5.41) is 14.0. The molecule has 0 radical (unpaired) electrons. The lowest BCUT2D eigenvalue weighted by Crippen LogP contribution is -2.46. The molecule has 8 heteroatoms. The number of aryl methyl sites for hydroxylation is 1. The predicted molar refractivity (Wildman–Crippen MR) is 104 cm³/mol. The summed E-state index contributed by atoms with van der Waals surface area (Å²) in [5.41, 5.74) is 20.6. The molecule has 1 aliphatic heterocycles. The van der Waals surface area contributed by atoms with Gasteiger partial charge < -0.3 is 31.7 Å². The van der Waals surface area contributed by atoms with Crippen molar-refractivity contribution in [2.24, 2.45) is 17.2 Å². The van der Waals surface area contributed by atoms with Crippen LogP contribution in [0, 0.1) is 6.92 Å². The Morgan fingerprint density at radius 1 is 1.19 bits per heavy atom. The minimum atomic E-state index is 0.119. The zero-order chi connectivity index (χ0) is 19.4. The van der Waals surface area contributed by atoms with Crippen LogP contribution in [0.4, 0.5) is 0 Å². The highest BCUT2D eigenvalue weighted by Gasteiger charge is 2.21. The number of rotatable bonds is 5. The van der Waals surface area contributed by atoms with E-state index in [4.69, 9.17) is 21.7 Å². The van der Waals surface area contributed by atoms with Gasteiger partial charge in [0.15, 0.2) is 0 Å². The first-order valence-corrected chi connectivity index (χ1v) is 8.84.